The van der Waals surface area contributed by atoms with Gasteiger partial charge in [-0.1, -0.05) is 34.1 Å². The first-order chi connectivity index (χ1) is 10.1. The summed E-state index contributed by atoms with van der Waals surface area (Å²) in [5.41, 5.74) is 0. The molecule has 0 aromatic rings. The molecule has 2 aliphatic rings. The van der Waals surface area contributed by atoms with Crippen molar-refractivity contribution in [2.75, 3.05) is 32.8 Å². The third-order valence-electron chi connectivity index (χ3n) is 5.34. The van der Waals surface area contributed by atoms with Crippen LogP contribution in [0.3, 0.4) is 0 Å². The number of hydrogen-bond acceptors (Lipinski definition) is 3. The standard InChI is InChI=1S/C18H36N2O/c1-5-15(4)18-12-19-17(16-6-7-16)13-20(18)9-11-21-10-8-14(2)3/h14-19H,5-13H2,1-4H3. The van der Waals surface area contributed by atoms with Crippen LogP contribution in [0.4, 0.5) is 0 Å². The highest BCUT2D eigenvalue weighted by molar-refractivity contribution is 4.95. The molecule has 2 rings (SSSR count). The molecule has 2 fully saturated rings. The lowest BCUT2D eigenvalue weighted by atomic mass is 9.93. The molecule has 124 valence electrons. The second kappa shape index (κ2) is 8.50. The van der Waals surface area contributed by atoms with Gasteiger partial charge in [-0.25, -0.2) is 0 Å². The largest absolute Gasteiger partial charge is 0.380 e. The summed E-state index contributed by atoms with van der Waals surface area (Å²) in [5.74, 6) is 2.47. The fourth-order valence-electron chi connectivity index (χ4n) is 3.36. The molecule has 1 aliphatic carbocycles. The van der Waals surface area contributed by atoms with Gasteiger partial charge in [0.2, 0.25) is 0 Å². The number of rotatable bonds is 9. The zero-order chi connectivity index (χ0) is 15.2. The van der Waals surface area contributed by atoms with Gasteiger partial charge in [0.25, 0.3) is 0 Å². The van der Waals surface area contributed by atoms with Crippen LogP contribution >= 0.6 is 0 Å². The first kappa shape index (κ1) is 17.2. The van der Waals surface area contributed by atoms with Gasteiger partial charge in [0.1, 0.15) is 0 Å². The lowest BCUT2D eigenvalue weighted by molar-refractivity contribution is 0.0411. The van der Waals surface area contributed by atoms with Crippen LogP contribution in [0.2, 0.25) is 0 Å². The van der Waals surface area contributed by atoms with Gasteiger partial charge in [0, 0.05) is 38.3 Å². The minimum absolute atomic E-state index is 0.693. The molecular weight excluding hydrogens is 260 g/mol. The summed E-state index contributed by atoms with van der Waals surface area (Å²) < 4.78 is 5.86. The Hall–Kier alpha value is -0.120. The molecule has 1 saturated heterocycles. The molecule has 21 heavy (non-hydrogen) atoms. The van der Waals surface area contributed by atoms with Crippen molar-refractivity contribution in [2.24, 2.45) is 17.8 Å². The molecule has 0 radical (unpaired) electrons. The van der Waals surface area contributed by atoms with E-state index in [0.29, 0.717) is 6.04 Å². The average Bonchev–Trinajstić information content (AvgIpc) is 3.30. The van der Waals surface area contributed by atoms with Gasteiger partial charge >= 0.3 is 0 Å². The van der Waals surface area contributed by atoms with Crippen molar-refractivity contribution in [2.45, 2.75) is 65.5 Å². The minimum atomic E-state index is 0.693. The predicted octanol–water partition coefficient (Wildman–Crippen LogP) is 3.15. The quantitative estimate of drug-likeness (QED) is 0.662. The fraction of sp³-hybridized carbons (Fsp3) is 1.00. The van der Waals surface area contributed by atoms with E-state index in [1.807, 2.05) is 0 Å². The number of piperazine rings is 1. The smallest absolute Gasteiger partial charge is 0.0593 e. The van der Waals surface area contributed by atoms with Crippen LogP contribution in [0, 0.1) is 17.8 Å². The van der Waals surface area contributed by atoms with E-state index in [-0.39, 0.29) is 0 Å². The minimum Gasteiger partial charge on any atom is -0.380 e. The van der Waals surface area contributed by atoms with Crippen molar-refractivity contribution in [3.8, 4) is 0 Å². The Morgan fingerprint density at radius 1 is 1.19 bits per heavy atom. The number of nitrogens with one attached hydrogen (secondary N) is 1. The highest BCUT2D eigenvalue weighted by atomic mass is 16.5. The van der Waals surface area contributed by atoms with Crippen LogP contribution in [0.15, 0.2) is 0 Å². The second-order valence-corrected chi connectivity index (χ2v) is 7.59. The van der Waals surface area contributed by atoms with Crippen molar-refractivity contribution >= 4 is 0 Å². The highest BCUT2D eigenvalue weighted by Crippen LogP contribution is 2.35. The molecule has 3 nitrogen and oxygen atoms in total. The Balaban J connectivity index is 1.75. The predicted molar refractivity (Wildman–Crippen MR) is 89.6 cm³/mol. The Kier molecular flexibility index (Phi) is 6.97. The van der Waals surface area contributed by atoms with Crippen molar-refractivity contribution in [3.05, 3.63) is 0 Å². The Morgan fingerprint density at radius 2 is 1.95 bits per heavy atom. The van der Waals surface area contributed by atoms with Gasteiger partial charge in [0.15, 0.2) is 0 Å². The number of nitrogens with zero attached hydrogens (tertiary/aromatic N) is 1. The van der Waals surface area contributed by atoms with E-state index < -0.39 is 0 Å². The average molecular weight is 296 g/mol. The van der Waals surface area contributed by atoms with E-state index in [1.54, 1.807) is 0 Å². The molecule has 3 unspecified atom stereocenters. The van der Waals surface area contributed by atoms with E-state index >= 15 is 0 Å². The molecule has 1 saturated carbocycles. The highest BCUT2D eigenvalue weighted by Gasteiger charge is 2.38. The van der Waals surface area contributed by atoms with E-state index in [2.05, 4.69) is 37.9 Å². The van der Waals surface area contributed by atoms with Crippen molar-refractivity contribution in [3.63, 3.8) is 0 Å². The molecule has 3 heteroatoms. The van der Waals surface area contributed by atoms with Gasteiger partial charge in [-0.05, 0) is 37.0 Å². The molecule has 3 atom stereocenters. The fourth-order valence-corrected chi connectivity index (χ4v) is 3.36. The molecule has 0 amide bonds. The zero-order valence-electron chi connectivity index (χ0n) is 14.6. The first-order valence-electron chi connectivity index (χ1n) is 9.17. The molecule has 0 aromatic carbocycles. The van der Waals surface area contributed by atoms with Crippen molar-refractivity contribution in [1.82, 2.24) is 10.2 Å². The van der Waals surface area contributed by atoms with Crippen LogP contribution in [0.5, 0.6) is 0 Å². The Labute approximate surface area is 131 Å². The lowest BCUT2D eigenvalue weighted by Gasteiger charge is -2.43. The third-order valence-corrected chi connectivity index (χ3v) is 5.34. The van der Waals surface area contributed by atoms with Crippen LogP contribution in [0.25, 0.3) is 0 Å². The van der Waals surface area contributed by atoms with Crippen LogP contribution in [0.1, 0.15) is 53.4 Å². The SMILES string of the molecule is CCC(C)C1CNC(C2CC2)CN1CCOCCC(C)C. The molecular formula is C18H36N2O. The van der Waals surface area contributed by atoms with E-state index in [0.717, 1.165) is 43.6 Å². The van der Waals surface area contributed by atoms with Crippen molar-refractivity contribution < 1.29 is 4.74 Å². The summed E-state index contributed by atoms with van der Waals surface area (Å²) in [6.45, 7) is 14.6. The molecule has 0 spiro atoms. The Bertz CT molecular complexity index is 291. The molecule has 1 N–H and O–H groups in total. The van der Waals surface area contributed by atoms with Gasteiger partial charge in [-0.15, -0.1) is 0 Å². The topological polar surface area (TPSA) is 24.5 Å². The molecule has 1 heterocycles. The van der Waals surface area contributed by atoms with Crippen molar-refractivity contribution in [1.29, 1.82) is 0 Å². The van der Waals surface area contributed by atoms with Gasteiger partial charge < -0.3 is 10.1 Å². The molecule has 0 bridgehead atoms. The second-order valence-electron chi connectivity index (χ2n) is 7.59. The monoisotopic (exact) mass is 296 g/mol. The maximum atomic E-state index is 5.86. The van der Waals surface area contributed by atoms with E-state index in [9.17, 15) is 0 Å². The Morgan fingerprint density at radius 3 is 2.57 bits per heavy atom. The summed E-state index contributed by atoms with van der Waals surface area (Å²) >= 11 is 0. The third kappa shape index (κ3) is 5.54. The lowest BCUT2D eigenvalue weighted by Crippen LogP contribution is -2.59. The molecule has 1 aliphatic heterocycles. The van der Waals surface area contributed by atoms with Gasteiger partial charge in [0.05, 0.1) is 6.61 Å². The summed E-state index contributed by atoms with van der Waals surface area (Å²) in [6.07, 6.45) is 5.32. The van der Waals surface area contributed by atoms with E-state index in [4.69, 9.17) is 4.74 Å². The van der Waals surface area contributed by atoms with Crippen LogP contribution < -0.4 is 5.32 Å². The summed E-state index contributed by atoms with van der Waals surface area (Å²) in [7, 11) is 0. The summed E-state index contributed by atoms with van der Waals surface area (Å²) in [5, 5.41) is 3.81. The zero-order valence-corrected chi connectivity index (χ0v) is 14.6. The van der Waals surface area contributed by atoms with Gasteiger partial charge in [-0.2, -0.15) is 0 Å². The van der Waals surface area contributed by atoms with Crippen LogP contribution in [-0.2, 0) is 4.74 Å². The van der Waals surface area contributed by atoms with E-state index in [1.165, 1.54) is 38.8 Å². The number of ether oxygens (including phenoxy) is 1. The van der Waals surface area contributed by atoms with Gasteiger partial charge in [-0.3, -0.25) is 4.90 Å². The maximum Gasteiger partial charge on any atom is 0.0593 e. The summed E-state index contributed by atoms with van der Waals surface area (Å²) in [6, 6.07) is 1.43. The summed E-state index contributed by atoms with van der Waals surface area (Å²) in [4.78, 5) is 2.71. The van der Waals surface area contributed by atoms with Crippen LogP contribution in [-0.4, -0.2) is 49.8 Å². The normalized spacial score (nSPS) is 29.0. The first-order valence-corrected chi connectivity index (χ1v) is 9.17. The maximum absolute atomic E-state index is 5.86. The molecule has 0 aromatic heterocycles. The number of hydrogen-bond donors (Lipinski definition) is 1.